The summed E-state index contributed by atoms with van der Waals surface area (Å²) in [6, 6.07) is 5.70. The Kier molecular flexibility index (Phi) is 5.41. The third-order valence-electron chi connectivity index (χ3n) is 3.23. The van der Waals surface area contributed by atoms with Crippen molar-refractivity contribution < 1.29 is 19.1 Å². The van der Waals surface area contributed by atoms with Gasteiger partial charge >= 0.3 is 0 Å². The second kappa shape index (κ2) is 7.30. The van der Waals surface area contributed by atoms with Crippen molar-refractivity contribution in [1.29, 1.82) is 0 Å². The first-order valence-corrected chi connectivity index (χ1v) is 7.37. The van der Waals surface area contributed by atoms with E-state index in [0.29, 0.717) is 16.3 Å². The minimum atomic E-state index is -0.414. The van der Waals surface area contributed by atoms with Gasteiger partial charge in [0.2, 0.25) is 0 Å². The van der Waals surface area contributed by atoms with Gasteiger partial charge in [0.1, 0.15) is 5.76 Å². The molecule has 0 aliphatic carbocycles. The molecule has 23 heavy (non-hydrogen) atoms. The summed E-state index contributed by atoms with van der Waals surface area (Å²) in [5.74, 6) is -0.338. The second-order valence-corrected chi connectivity index (χ2v) is 5.53. The zero-order valence-electron chi connectivity index (χ0n) is 12.7. The number of hydrogen-bond donors (Lipinski definition) is 3. The standard InChI is InChI=1S/C16H17ClN2O4/c1-9(8-20)18-16(22)13-4-3-11(17)7-14(13)19-15(21)12-5-6-23-10(12)2/h3-7,9,20H,8H2,1-2H3,(H,18,22)(H,19,21). The summed E-state index contributed by atoms with van der Waals surface area (Å²) in [4.78, 5) is 24.5. The highest BCUT2D eigenvalue weighted by atomic mass is 35.5. The smallest absolute Gasteiger partial charge is 0.259 e. The molecule has 0 aliphatic heterocycles. The van der Waals surface area contributed by atoms with E-state index in [0.717, 1.165) is 0 Å². The van der Waals surface area contributed by atoms with Crippen molar-refractivity contribution in [1.82, 2.24) is 5.32 Å². The number of anilines is 1. The number of aryl methyl sites for hydroxylation is 1. The normalized spacial score (nSPS) is 11.8. The second-order valence-electron chi connectivity index (χ2n) is 5.09. The van der Waals surface area contributed by atoms with Crippen LogP contribution in [-0.4, -0.2) is 29.6 Å². The van der Waals surface area contributed by atoms with Crippen LogP contribution in [0.4, 0.5) is 5.69 Å². The van der Waals surface area contributed by atoms with Crippen LogP contribution >= 0.6 is 11.6 Å². The summed E-state index contributed by atoms with van der Waals surface area (Å²) in [5.41, 5.74) is 0.912. The molecule has 1 heterocycles. The van der Waals surface area contributed by atoms with Crippen LogP contribution in [0.15, 0.2) is 34.9 Å². The van der Waals surface area contributed by atoms with Crippen molar-refractivity contribution in [2.75, 3.05) is 11.9 Å². The molecule has 7 heteroatoms. The summed E-state index contributed by atoms with van der Waals surface area (Å²) in [7, 11) is 0. The molecular formula is C16H17ClN2O4. The predicted octanol–water partition coefficient (Wildman–Crippen LogP) is 2.60. The maximum absolute atomic E-state index is 12.3. The van der Waals surface area contributed by atoms with Gasteiger partial charge in [0, 0.05) is 11.1 Å². The number of benzene rings is 1. The predicted molar refractivity (Wildman–Crippen MR) is 86.9 cm³/mol. The lowest BCUT2D eigenvalue weighted by Crippen LogP contribution is -2.35. The largest absolute Gasteiger partial charge is 0.469 e. The average molecular weight is 337 g/mol. The van der Waals surface area contributed by atoms with E-state index in [2.05, 4.69) is 10.6 Å². The van der Waals surface area contributed by atoms with Crippen LogP contribution in [-0.2, 0) is 0 Å². The quantitative estimate of drug-likeness (QED) is 0.782. The Morgan fingerprint density at radius 3 is 2.61 bits per heavy atom. The molecule has 0 aliphatic rings. The maximum atomic E-state index is 12.3. The van der Waals surface area contributed by atoms with Crippen molar-refractivity contribution in [2.45, 2.75) is 19.9 Å². The number of halogens is 1. The van der Waals surface area contributed by atoms with Gasteiger partial charge in [-0.15, -0.1) is 0 Å². The van der Waals surface area contributed by atoms with Gasteiger partial charge in [-0.05, 0) is 38.1 Å². The van der Waals surface area contributed by atoms with Crippen molar-refractivity contribution in [3.63, 3.8) is 0 Å². The highest BCUT2D eigenvalue weighted by Crippen LogP contribution is 2.22. The number of aliphatic hydroxyl groups is 1. The highest BCUT2D eigenvalue weighted by Gasteiger charge is 2.18. The van der Waals surface area contributed by atoms with Gasteiger partial charge in [0.05, 0.1) is 29.7 Å². The van der Waals surface area contributed by atoms with Gasteiger partial charge in [0.15, 0.2) is 0 Å². The van der Waals surface area contributed by atoms with E-state index in [1.165, 1.54) is 18.4 Å². The lowest BCUT2D eigenvalue weighted by atomic mass is 10.1. The van der Waals surface area contributed by atoms with E-state index in [4.69, 9.17) is 21.1 Å². The number of aliphatic hydroxyl groups excluding tert-OH is 1. The van der Waals surface area contributed by atoms with Gasteiger partial charge in [-0.25, -0.2) is 0 Å². The van der Waals surface area contributed by atoms with Crippen LogP contribution in [0.2, 0.25) is 5.02 Å². The molecule has 0 saturated heterocycles. The molecule has 2 rings (SSSR count). The first kappa shape index (κ1) is 17.1. The monoisotopic (exact) mass is 336 g/mol. The molecular weight excluding hydrogens is 320 g/mol. The Bertz CT molecular complexity index is 727. The fraction of sp³-hybridized carbons (Fsp3) is 0.250. The van der Waals surface area contributed by atoms with Crippen LogP contribution in [0.1, 0.15) is 33.4 Å². The number of rotatable bonds is 5. The molecule has 6 nitrogen and oxygen atoms in total. The number of carbonyl (C=O) groups is 2. The first-order valence-electron chi connectivity index (χ1n) is 6.99. The third-order valence-corrected chi connectivity index (χ3v) is 3.46. The molecule has 122 valence electrons. The number of nitrogens with one attached hydrogen (secondary N) is 2. The molecule has 1 aromatic heterocycles. The minimum Gasteiger partial charge on any atom is -0.469 e. The number of amides is 2. The zero-order valence-corrected chi connectivity index (χ0v) is 13.5. The molecule has 0 bridgehead atoms. The Morgan fingerprint density at radius 2 is 2.00 bits per heavy atom. The molecule has 2 amide bonds. The molecule has 1 aromatic carbocycles. The molecule has 1 atom stereocenters. The number of hydrogen-bond acceptors (Lipinski definition) is 4. The lowest BCUT2D eigenvalue weighted by molar-refractivity contribution is 0.0923. The number of carbonyl (C=O) groups excluding carboxylic acids is 2. The van der Waals surface area contributed by atoms with Crippen molar-refractivity contribution in [3.05, 3.63) is 52.4 Å². The number of furan rings is 1. The van der Waals surface area contributed by atoms with E-state index in [9.17, 15) is 9.59 Å². The Balaban J connectivity index is 2.27. The van der Waals surface area contributed by atoms with Gasteiger partial charge in [-0.1, -0.05) is 11.6 Å². The molecule has 2 aromatic rings. The lowest BCUT2D eigenvalue weighted by Gasteiger charge is -2.14. The van der Waals surface area contributed by atoms with E-state index in [-0.39, 0.29) is 17.9 Å². The molecule has 0 saturated carbocycles. The highest BCUT2D eigenvalue weighted by molar-refractivity contribution is 6.31. The van der Waals surface area contributed by atoms with Crippen molar-refractivity contribution in [2.24, 2.45) is 0 Å². The van der Waals surface area contributed by atoms with E-state index in [1.54, 1.807) is 26.0 Å². The van der Waals surface area contributed by atoms with Gasteiger partial charge in [-0.3, -0.25) is 9.59 Å². The summed E-state index contributed by atoms with van der Waals surface area (Å²) >= 11 is 5.95. The van der Waals surface area contributed by atoms with Crippen LogP contribution in [0.5, 0.6) is 0 Å². The fourth-order valence-corrected chi connectivity index (χ4v) is 2.15. The Morgan fingerprint density at radius 1 is 1.26 bits per heavy atom. The Hall–Kier alpha value is -2.31. The maximum Gasteiger partial charge on any atom is 0.259 e. The molecule has 0 spiro atoms. The SMILES string of the molecule is Cc1occc1C(=O)Nc1cc(Cl)ccc1C(=O)NC(C)CO. The Labute approximate surface area is 138 Å². The van der Waals surface area contributed by atoms with E-state index < -0.39 is 17.9 Å². The molecule has 0 radical (unpaired) electrons. The summed E-state index contributed by atoms with van der Waals surface area (Å²) in [6.45, 7) is 3.15. The van der Waals surface area contributed by atoms with Crippen molar-refractivity contribution in [3.8, 4) is 0 Å². The van der Waals surface area contributed by atoms with E-state index >= 15 is 0 Å². The van der Waals surface area contributed by atoms with E-state index in [1.807, 2.05) is 0 Å². The molecule has 1 unspecified atom stereocenters. The van der Waals surface area contributed by atoms with Crippen LogP contribution < -0.4 is 10.6 Å². The summed E-state index contributed by atoms with van der Waals surface area (Å²) in [6.07, 6.45) is 1.42. The third kappa shape index (κ3) is 4.12. The molecule has 0 fully saturated rings. The average Bonchev–Trinajstić information content (AvgIpc) is 2.93. The van der Waals surface area contributed by atoms with Gasteiger partial charge < -0.3 is 20.2 Å². The zero-order chi connectivity index (χ0) is 17.0. The van der Waals surface area contributed by atoms with Crippen molar-refractivity contribution >= 4 is 29.1 Å². The summed E-state index contributed by atoms with van der Waals surface area (Å²) < 4.78 is 5.10. The topological polar surface area (TPSA) is 91.6 Å². The minimum absolute atomic E-state index is 0.185. The molecule has 3 N–H and O–H groups in total. The van der Waals surface area contributed by atoms with Crippen LogP contribution in [0.3, 0.4) is 0 Å². The van der Waals surface area contributed by atoms with Crippen LogP contribution in [0.25, 0.3) is 0 Å². The van der Waals surface area contributed by atoms with Gasteiger partial charge in [0.25, 0.3) is 11.8 Å². The van der Waals surface area contributed by atoms with Gasteiger partial charge in [-0.2, -0.15) is 0 Å². The summed E-state index contributed by atoms with van der Waals surface area (Å²) in [5, 5.41) is 14.7. The van der Waals surface area contributed by atoms with Crippen LogP contribution in [0, 0.1) is 6.92 Å². The first-order chi connectivity index (χ1) is 10.9. The fourth-order valence-electron chi connectivity index (χ4n) is 1.98.